The summed E-state index contributed by atoms with van der Waals surface area (Å²) in [5, 5.41) is 0. The minimum atomic E-state index is -0.235. The lowest BCUT2D eigenvalue weighted by Gasteiger charge is -2.19. The topological polar surface area (TPSA) is 55.5 Å². The zero-order valence-electron chi connectivity index (χ0n) is 13.9. The van der Waals surface area contributed by atoms with Crippen LogP contribution in [-0.4, -0.2) is 21.9 Å². The molecule has 0 spiro atoms. The van der Waals surface area contributed by atoms with Crippen LogP contribution in [0.15, 0.2) is 70.5 Å². The van der Waals surface area contributed by atoms with Crippen molar-refractivity contribution < 1.29 is 9.21 Å². The van der Waals surface area contributed by atoms with Gasteiger partial charge in [0, 0.05) is 23.7 Å². The molecule has 3 heterocycles. The van der Waals surface area contributed by atoms with Gasteiger partial charge < -0.3 is 13.9 Å². The van der Waals surface area contributed by atoms with E-state index in [9.17, 15) is 9.59 Å². The molecule has 0 radical (unpaired) electrons. The Morgan fingerprint density at radius 3 is 2.81 bits per heavy atom. The number of halogens is 1. The highest BCUT2D eigenvalue weighted by molar-refractivity contribution is 7.16. The number of rotatable bonds is 7. The molecule has 3 aromatic heterocycles. The standard InChI is InChI=1S/C19H17ClN2O3S/c1-2-10-22(13-15-7-9-17(20)26-15)19(24)16-8-6-14(25-16)12-21-11-4-3-5-18(21)23/h2-9,11H,1,10,12-13H2. The summed E-state index contributed by atoms with van der Waals surface area (Å²) in [6, 6.07) is 12.0. The van der Waals surface area contributed by atoms with Crippen molar-refractivity contribution >= 4 is 28.8 Å². The molecule has 0 atom stereocenters. The van der Waals surface area contributed by atoms with E-state index in [4.69, 9.17) is 16.0 Å². The van der Waals surface area contributed by atoms with Crippen LogP contribution < -0.4 is 5.56 Å². The van der Waals surface area contributed by atoms with Crippen LogP contribution in [0.2, 0.25) is 4.34 Å². The zero-order chi connectivity index (χ0) is 18.5. The Balaban J connectivity index is 1.75. The lowest BCUT2D eigenvalue weighted by molar-refractivity contribution is 0.0730. The van der Waals surface area contributed by atoms with Crippen molar-refractivity contribution in [2.24, 2.45) is 0 Å². The predicted molar refractivity (Wildman–Crippen MR) is 103 cm³/mol. The molecule has 0 aliphatic carbocycles. The van der Waals surface area contributed by atoms with Gasteiger partial charge in [-0.25, -0.2) is 0 Å². The number of carbonyl (C=O) groups excluding carboxylic acids is 1. The molecule has 0 saturated heterocycles. The Bertz CT molecular complexity index is 973. The van der Waals surface area contributed by atoms with E-state index in [1.54, 1.807) is 47.5 Å². The molecule has 0 N–H and O–H groups in total. The lowest BCUT2D eigenvalue weighted by atomic mass is 10.3. The van der Waals surface area contributed by atoms with Crippen LogP contribution in [0.1, 0.15) is 21.2 Å². The molecular weight excluding hydrogens is 372 g/mol. The van der Waals surface area contributed by atoms with Crippen molar-refractivity contribution in [2.45, 2.75) is 13.1 Å². The number of amides is 1. The first kappa shape index (κ1) is 18.2. The third kappa shape index (κ3) is 4.33. The molecular formula is C19H17ClN2O3S. The fourth-order valence-electron chi connectivity index (χ4n) is 2.49. The second-order valence-corrected chi connectivity index (χ2v) is 7.41. The predicted octanol–water partition coefficient (Wildman–Crippen LogP) is 4.03. The van der Waals surface area contributed by atoms with Gasteiger partial charge in [0.2, 0.25) is 0 Å². The van der Waals surface area contributed by atoms with Crippen molar-refractivity contribution in [3.05, 3.63) is 92.4 Å². The lowest BCUT2D eigenvalue weighted by Crippen LogP contribution is -2.30. The van der Waals surface area contributed by atoms with Crippen molar-refractivity contribution in [3.8, 4) is 0 Å². The molecule has 3 aromatic rings. The largest absolute Gasteiger partial charge is 0.454 e. The molecule has 0 unspecified atom stereocenters. The summed E-state index contributed by atoms with van der Waals surface area (Å²) in [5.41, 5.74) is -0.125. The van der Waals surface area contributed by atoms with Gasteiger partial charge in [-0.3, -0.25) is 9.59 Å². The van der Waals surface area contributed by atoms with Gasteiger partial charge in [0.1, 0.15) is 5.76 Å². The van der Waals surface area contributed by atoms with E-state index in [2.05, 4.69) is 6.58 Å². The monoisotopic (exact) mass is 388 g/mol. The van der Waals surface area contributed by atoms with Gasteiger partial charge in [-0.1, -0.05) is 23.7 Å². The van der Waals surface area contributed by atoms with Crippen LogP contribution in [-0.2, 0) is 13.1 Å². The van der Waals surface area contributed by atoms with Gasteiger partial charge >= 0.3 is 0 Å². The summed E-state index contributed by atoms with van der Waals surface area (Å²) >= 11 is 7.39. The average Bonchev–Trinajstić information content (AvgIpc) is 3.25. The average molecular weight is 389 g/mol. The Kier molecular flexibility index (Phi) is 5.75. The quantitative estimate of drug-likeness (QED) is 0.574. The smallest absolute Gasteiger partial charge is 0.290 e. The summed E-state index contributed by atoms with van der Waals surface area (Å²) in [6.07, 6.45) is 3.34. The molecule has 7 heteroatoms. The summed E-state index contributed by atoms with van der Waals surface area (Å²) in [5.74, 6) is 0.536. The molecule has 0 fully saturated rings. The second-order valence-electron chi connectivity index (χ2n) is 5.61. The first-order valence-electron chi connectivity index (χ1n) is 7.95. The zero-order valence-corrected chi connectivity index (χ0v) is 15.5. The van der Waals surface area contributed by atoms with E-state index in [-0.39, 0.29) is 23.8 Å². The van der Waals surface area contributed by atoms with Crippen LogP contribution in [0.3, 0.4) is 0 Å². The molecule has 0 aromatic carbocycles. The van der Waals surface area contributed by atoms with Crippen molar-refractivity contribution in [1.29, 1.82) is 0 Å². The fraction of sp³-hybridized carbons (Fsp3) is 0.158. The Morgan fingerprint density at radius 1 is 1.27 bits per heavy atom. The van der Waals surface area contributed by atoms with E-state index >= 15 is 0 Å². The van der Waals surface area contributed by atoms with Gasteiger partial charge in [0.15, 0.2) is 5.76 Å². The summed E-state index contributed by atoms with van der Waals surface area (Å²) in [7, 11) is 0. The first-order chi connectivity index (χ1) is 12.6. The van der Waals surface area contributed by atoms with E-state index in [1.807, 2.05) is 6.07 Å². The fourth-order valence-corrected chi connectivity index (χ4v) is 3.60. The number of nitrogens with zero attached hydrogens (tertiary/aromatic N) is 2. The maximum absolute atomic E-state index is 12.8. The number of furan rings is 1. The van der Waals surface area contributed by atoms with E-state index in [0.29, 0.717) is 23.2 Å². The summed E-state index contributed by atoms with van der Waals surface area (Å²) in [6.45, 7) is 4.80. The van der Waals surface area contributed by atoms with Gasteiger partial charge in [0.25, 0.3) is 11.5 Å². The number of hydrogen-bond donors (Lipinski definition) is 0. The molecule has 1 amide bonds. The summed E-state index contributed by atoms with van der Waals surface area (Å²) in [4.78, 5) is 27.2. The molecule has 134 valence electrons. The molecule has 3 rings (SSSR count). The van der Waals surface area contributed by atoms with Crippen LogP contribution in [0.25, 0.3) is 0 Å². The minimum Gasteiger partial charge on any atom is -0.454 e. The number of carbonyl (C=O) groups is 1. The molecule has 26 heavy (non-hydrogen) atoms. The Morgan fingerprint density at radius 2 is 2.12 bits per heavy atom. The molecule has 0 aliphatic rings. The number of hydrogen-bond acceptors (Lipinski definition) is 4. The van der Waals surface area contributed by atoms with Crippen molar-refractivity contribution in [3.63, 3.8) is 0 Å². The van der Waals surface area contributed by atoms with E-state index in [0.717, 1.165) is 4.88 Å². The third-order valence-electron chi connectivity index (χ3n) is 3.71. The van der Waals surface area contributed by atoms with E-state index in [1.165, 1.54) is 22.0 Å². The van der Waals surface area contributed by atoms with Crippen LogP contribution >= 0.6 is 22.9 Å². The molecule has 0 aliphatic heterocycles. The number of aromatic nitrogens is 1. The Hall–Kier alpha value is -2.57. The maximum Gasteiger partial charge on any atom is 0.290 e. The van der Waals surface area contributed by atoms with E-state index < -0.39 is 0 Å². The SMILES string of the molecule is C=CCN(Cc1ccc(Cl)s1)C(=O)c1ccc(Cn2ccccc2=O)o1. The maximum atomic E-state index is 12.8. The van der Waals surface area contributed by atoms with Crippen molar-refractivity contribution in [1.82, 2.24) is 9.47 Å². The highest BCUT2D eigenvalue weighted by atomic mass is 35.5. The summed E-state index contributed by atoms with van der Waals surface area (Å²) < 4.78 is 7.86. The highest BCUT2D eigenvalue weighted by Crippen LogP contribution is 2.23. The first-order valence-corrected chi connectivity index (χ1v) is 9.15. The van der Waals surface area contributed by atoms with Gasteiger partial charge in [-0.05, 0) is 30.3 Å². The van der Waals surface area contributed by atoms with Gasteiger partial charge in [0.05, 0.1) is 17.4 Å². The Labute approximate surface area is 159 Å². The second kappa shape index (κ2) is 8.21. The number of pyridine rings is 1. The number of thiophene rings is 1. The third-order valence-corrected chi connectivity index (χ3v) is 4.93. The molecule has 0 bridgehead atoms. The van der Waals surface area contributed by atoms with Gasteiger partial charge in [-0.2, -0.15) is 0 Å². The highest BCUT2D eigenvalue weighted by Gasteiger charge is 2.19. The van der Waals surface area contributed by atoms with Crippen LogP contribution in [0, 0.1) is 0 Å². The van der Waals surface area contributed by atoms with Crippen LogP contribution in [0.4, 0.5) is 0 Å². The van der Waals surface area contributed by atoms with Crippen molar-refractivity contribution in [2.75, 3.05) is 6.54 Å². The molecule has 5 nitrogen and oxygen atoms in total. The normalized spacial score (nSPS) is 10.7. The van der Waals surface area contributed by atoms with Gasteiger partial charge in [-0.15, -0.1) is 17.9 Å². The molecule has 0 saturated carbocycles. The minimum absolute atomic E-state index is 0.125. The van der Waals surface area contributed by atoms with Crippen LogP contribution in [0.5, 0.6) is 0 Å².